The molecule has 2 aliphatic carbocycles. The highest BCUT2D eigenvalue weighted by molar-refractivity contribution is 5.86. The van der Waals surface area contributed by atoms with Crippen molar-refractivity contribution in [2.45, 2.75) is 69.1 Å². The molecule has 2 unspecified atom stereocenters. The van der Waals surface area contributed by atoms with E-state index in [2.05, 4.69) is 5.32 Å². The summed E-state index contributed by atoms with van der Waals surface area (Å²) in [5, 5.41) is 2.95. The van der Waals surface area contributed by atoms with Gasteiger partial charge in [0.15, 0.2) is 5.67 Å². The fourth-order valence-corrected chi connectivity index (χ4v) is 5.24. The van der Waals surface area contributed by atoms with E-state index in [0.29, 0.717) is 19.4 Å². The van der Waals surface area contributed by atoms with Crippen molar-refractivity contribution in [2.75, 3.05) is 6.54 Å². The molecule has 2 atom stereocenters. The van der Waals surface area contributed by atoms with E-state index < -0.39 is 11.6 Å². The van der Waals surface area contributed by atoms with Gasteiger partial charge < -0.3 is 10.2 Å². The Labute approximate surface area is 193 Å². The molecule has 33 heavy (non-hydrogen) atoms. The van der Waals surface area contributed by atoms with Crippen LogP contribution in [0.2, 0.25) is 0 Å². The van der Waals surface area contributed by atoms with Gasteiger partial charge in [-0.05, 0) is 73.8 Å². The van der Waals surface area contributed by atoms with Crippen LogP contribution in [0.3, 0.4) is 0 Å². The lowest BCUT2D eigenvalue weighted by molar-refractivity contribution is -0.142. The van der Waals surface area contributed by atoms with Gasteiger partial charge in [-0.3, -0.25) is 9.59 Å². The smallest absolute Gasteiger partial charge is 0.257 e. The van der Waals surface area contributed by atoms with Crippen LogP contribution in [0.4, 0.5) is 8.78 Å². The van der Waals surface area contributed by atoms with Crippen molar-refractivity contribution in [3.05, 3.63) is 59.9 Å². The van der Waals surface area contributed by atoms with Crippen LogP contribution in [0, 0.1) is 11.7 Å². The second kappa shape index (κ2) is 8.88. The molecule has 2 aromatic carbocycles. The van der Waals surface area contributed by atoms with Crippen LogP contribution >= 0.6 is 0 Å². The Kier molecular flexibility index (Phi) is 5.94. The molecule has 1 aliphatic heterocycles. The minimum absolute atomic E-state index is 0.0692. The summed E-state index contributed by atoms with van der Waals surface area (Å²) < 4.78 is 28.4. The van der Waals surface area contributed by atoms with Gasteiger partial charge in [-0.2, -0.15) is 0 Å². The largest absolute Gasteiger partial charge is 0.348 e. The van der Waals surface area contributed by atoms with Crippen LogP contribution in [-0.2, 0) is 16.0 Å². The summed E-state index contributed by atoms with van der Waals surface area (Å²) in [5.74, 6) is -0.595. The number of alkyl halides is 1. The number of carbonyl (C=O) groups excluding carboxylic acids is 2. The van der Waals surface area contributed by atoms with Crippen molar-refractivity contribution in [1.29, 1.82) is 0 Å². The molecule has 0 radical (unpaired) electrons. The highest BCUT2D eigenvalue weighted by Gasteiger charge is 2.48. The van der Waals surface area contributed by atoms with E-state index in [-0.39, 0.29) is 42.6 Å². The number of amides is 2. The van der Waals surface area contributed by atoms with Gasteiger partial charge in [0.2, 0.25) is 5.91 Å². The lowest BCUT2D eigenvalue weighted by Crippen LogP contribution is -2.55. The van der Waals surface area contributed by atoms with E-state index in [1.165, 1.54) is 12.1 Å². The fraction of sp³-hybridized carbons (Fsp3) is 0.481. The third kappa shape index (κ3) is 4.40. The Morgan fingerprint density at radius 2 is 1.73 bits per heavy atom. The Bertz CT molecular complexity index is 1050. The predicted molar refractivity (Wildman–Crippen MR) is 123 cm³/mol. The Morgan fingerprint density at radius 3 is 2.36 bits per heavy atom. The minimum Gasteiger partial charge on any atom is -0.348 e. The average molecular weight is 453 g/mol. The Morgan fingerprint density at radius 1 is 1.00 bits per heavy atom. The summed E-state index contributed by atoms with van der Waals surface area (Å²) in [4.78, 5) is 27.7. The van der Waals surface area contributed by atoms with Crippen molar-refractivity contribution in [1.82, 2.24) is 10.2 Å². The maximum atomic E-state index is 14.7. The molecule has 4 nitrogen and oxygen atoms in total. The van der Waals surface area contributed by atoms with Gasteiger partial charge >= 0.3 is 0 Å². The molecule has 174 valence electrons. The van der Waals surface area contributed by atoms with Crippen LogP contribution in [-0.4, -0.2) is 41.0 Å². The Hall–Kier alpha value is -2.76. The fourth-order valence-electron chi connectivity index (χ4n) is 5.24. The predicted octanol–water partition coefficient (Wildman–Crippen LogP) is 4.81. The molecule has 0 bridgehead atoms. The van der Waals surface area contributed by atoms with E-state index >= 15 is 0 Å². The van der Waals surface area contributed by atoms with Gasteiger partial charge in [0.1, 0.15) is 5.82 Å². The summed E-state index contributed by atoms with van der Waals surface area (Å²) in [7, 11) is 0. The highest BCUT2D eigenvalue weighted by Crippen LogP contribution is 2.37. The van der Waals surface area contributed by atoms with Gasteiger partial charge in [-0.15, -0.1) is 0 Å². The number of hydrogen-bond donors (Lipinski definition) is 1. The molecule has 2 amide bonds. The molecular weight excluding hydrogens is 422 g/mol. The summed E-state index contributed by atoms with van der Waals surface area (Å²) in [5.41, 5.74) is 0.945. The number of carbonyl (C=O) groups is 2. The highest BCUT2D eigenvalue weighted by atomic mass is 19.1. The quantitative estimate of drug-likeness (QED) is 0.684. The first kappa shape index (κ1) is 22.1. The summed E-state index contributed by atoms with van der Waals surface area (Å²) in [6.45, 7) is 0.577. The second-order valence-corrected chi connectivity index (χ2v) is 9.83. The van der Waals surface area contributed by atoms with Crippen molar-refractivity contribution < 1.29 is 18.4 Å². The molecule has 1 saturated heterocycles. The average Bonchev–Trinajstić information content (AvgIpc) is 3.13. The molecule has 3 fully saturated rings. The van der Waals surface area contributed by atoms with Crippen LogP contribution < -0.4 is 5.32 Å². The number of likely N-dealkylation sites (tertiary alicyclic amines) is 1. The summed E-state index contributed by atoms with van der Waals surface area (Å²) >= 11 is 0. The molecule has 1 N–H and O–H groups in total. The molecule has 1 heterocycles. The third-order valence-electron chi connectivity index (χ3n) is 7.68. The number of nitrogens with one attached hydrogen (secondary N) is 1. The summed E-state index contributed by atoms with van der Waals surface area (Å²) in [6, 6.07) is 13.9. The third-order valence-corrected chi connectivity index (χ3v) is 7.68. The van der Waals surface area contributed by atoms with E-state index in [0.717, 1.165) is 42.4 Å². The second-order valence-electron chi connectivity index (χ2n) is 9.83. The first-order valence-corrected chi connectivity index (χ1v) is 12.1. The molecule has 2 saturated carbocycles. The lowest BCUT2D eigenvalue weighted by atomic mass is 9.81. The normalized spacial score (nSPS) is 24.1. The van der Waals surface area contributed by atoms with Crippen LogP contribution in [0.5, 0.6) is 0 Å². The summed E-state index contributed by atoms with van der Waals surface area (Å²) in [6.07, 6.45) is 5.39. The molecule has 3 aliphatic rings. The molecular formula is C27H30F2N2O2. The zero-order chi connectivity index (χ0) is 23.0. The van der Waals surface area contributed by atoms with Crippen LogP contribution in [0.25, 0.3) is 11.1 Å². The monoisotopic (exact) mass is 452 g/mol. The van der Waals surface area contributed by atoms with Gasteiger partial charge in [0, 0.05) is 12.5 Å². The van der Waals surface area contributed by atoms with Gasteiger partial charge in [0.25, 0.3) is 5.91 Å². The van der Waals surface area contributed by atoms with Gasteiger partial charge in [-0.1, -0.05) is 42.8 Å². The van der Waals surface area contributed by atoms with Crippen molar-refractivity contribution in [3.8, 4) is 11.1 Å². The molecule has 6 heteroatoms. The van der Waals surface area contributed by atoms with E-state index in [9.17, 15) is 18.4 Å². The van der Waals surface area contributed by atoms with Gasteiger partial charge in [-0.25, -0.2) is 8.78 Å². The zero-order valence-electron chi connectivity index (χ0n) is 18.7. The maximum absolute atomic E-state index is 14.7. The van der Waals surface area contributed by atoms with E-state index in [1.54, 1.807) is 6.07 Å². The van der Waals surface area contributed by atoms with Crippen molar-refractivity contribution in [2.24, 2.45) is 5.92 Å². The number of benzene rings is 2. The van der Waals surface area contributed by atoms with E-state index in [4.69, 9.17) is 0 Å². The number of nitrogens with zero attached hydrogens (tertiary/aromatic N) is 1. The van der Waals surface area contributed by atoms with Gasteiger partial charge in [0.05, 0.1) is 12.1 Å². The first-order valence-electron chi connectivity index (χ1n) is 12.1. The molecule has 0 aromatic heterocycles. The van der Waals surface area contributed by atoms with Crippen molar-refractivity contribution in [3.63, 3.8) is 0 Å². The number of hydrogen-bond acceptors (Lipinski definition) is 2. The molecule has 2 aromatic rings. The number of rotatable bonds is 6. The molecule has 5 rings (SSSR count). The maximum Gasteiger partial charge on any atom is 0.257 e. The van der Waals surface area contributed by atoms with Crippen LogP contribution in [0.1, 0.15) is 50.5 Å². The topological polar surface area (TPSA) is 49.4 Å². The lowest BCUT2D eigenvalue weighted by Gasteiger charge is -2.36. The first-order chi connectivity index (χ1) is 15.9. The zero-order valence-corrected chi connectivity index (χ0v) is 18.7. The molecule has 0 spiro atoms. The Balaban J connectivity index is 1.38. The standard InChI is InChI=1S/C27H30F2N2O2/c28-22-10-3-9-21(17-22)20-8-1-5-18(15-20)16-24-23(30-26(33)27(29)12-4-13-27)11-14-31(24)25(32)19-6-2-7-19/h1,3,5,8-10,15,17,19,23-24H,2,4,6-7,11-14,16H2,(H,30,33). The SMILES string of the molecule is O=C(C1CCC1)N1CCC(NC(=O)C2(F)CCC2)C1Cc1cccc(-c2cccc(F)c2)c1. The van der Waals surface area contributed by atoms with Crippen molar-refractivity contribution >= 4 is 11.8 Å². The number of halogens is 2. The van der Waals surface area contributed by atoms with Crippen LogP contribution in [0.15, 0.2) is 48.5 Å². The minimum atomic E-state index is -1.76. The van der Waals surface area contributed by atoms with E-state index in [1.807, 2.05) is 35.2 Å².